The van der Waals surface area contributed by atoms with Gasteiger partial charge in [0, 0.05) is 33.6 Å². The Bertz CT molecular complexity index is 1310. The SMILES string of the molecule is CC(C)S(=O)(=O)c1ccc(-c2cnc3[nH]cc(-c4cscc4C#N)c3n2)cc1. The standard InChI is InChI=1S/C20H16N4O2S2/c1-12(2)28(25,26)15-5-3-13(4-6-15)18-9-23-20-19(24-18)16(8-22-20)17-11-27-10-14(17)7-21/h3-6,8-12H,1-2H3,(H,22,23). The highest BCUT2D eigenvalue weighted by Crippen LogP contribution is 2.32. The number of nitrogens with zero attached hydrogens (tertiary/aromatic N) is 3. The molecule has 0 saturated heterocycles. The molecule has 0 aliphatic rings. The van der Waals surface area contributed by atoms with Crippen LogP contribution in [0, 0.1) is 11.3 Å². The van der Waals surface area contributed by atoms with Crippen LogP contribution in [-0.2, 0) is 9.84 Å². The molecule has 4 rings (SSSR count). The average molecular weight is 409 g/mol. The van der Waals surface area contributed by atoms with E-state index < -0.39 is 15.1 Å². The highest BCUT2D eigenvalue weighted by molar-refractivity contribution is 7.92. The molecule has 0 aliphatic heterocycles. The molecule has 0 aliphatic carbocycles. The van der Waals surface area contributed by atoms with Gasteiger partial charge < -0.3 is 4.98 Å². The summed E-state index contributed by atoms with van der Waals surface area (Å²) in [5, 5.41) is 12.6. The molecule has 0 unspecified atom stereocenters. The van der Waals surface area contributed by atoms with Gasteiger partial charge in [0.05, 0.1) is 27.6 Å². The predicted octanol–water partition coefficient (Wildman–Crippen LogP) is 4.41. The van der Waals surface area contributed by atoms with E-state index in [9.17, 15) is 13.7 Å². The van der Waals surface area contributed by atoms with Gasteiger partial charge in [0.1, 0.15) is 11.6 Å². The summed E-state index contributed by atoms with van der Waals surface area (Å²) in [7, 11) is -3.32. The summed E-state index contributed by atoms with van der Waals surface area (Å²) in [6, 6.07) is 8.87. The van der Waals surface area contributed by atoms with Crippen LogP contribution < -0.4 is 0 Å². The van der Waals surface area contributed by atoms with Crippen LogP contribution >= 0.6 is 11.3 Å². The van der Waals surface area contributed by atoms with Crippen molar-refractivity contribution < 1.29 is 8.42 Å². The topological polar surface area (TPSA) is 99.5 Å². The predicted molar refractivity (Wildman–Crippen MR) is 110 cm³/mol. The lowest BCUT2D eigenvalue weighted by Gasteiger charge is -2.08. The van der Waals surface area contributed by atoms with Crippen LogP contribution in [0.2, 0.25) is 0 Å². The van der Waals surface area contributed by atoms with E-state index >= 15 is 0 Å². The van der Waals surface area contributed by atoms with E-state index in [0.29, 0.717) is 27.3 Å². The molecule has 4 aromatic rings. The Balaban J connectivity index is 1.79. The first-order valence-corrected chi connectivity index (χ1v) is 11.1. The third-order valence-corrected chi connectivity index (χ3v) is 7.47. The summed E-state index contributed by atoms with van der Waals surface area (Å²) >= 11 is 1.46. The Kier molecular flexibility index (Phi) is 4.49. The first kappa shape index (κ1) is 18.3. The average Bonchev–Trinajstić information content (AvgIpc) is 3.33. The lowest BCUT2D eigenvalue weighted by Crippen LogP contribution is -2.13. The van der Waals surface area contributed by atoms with Crippen molar-refractivity contribution >= 4 is 32.3 Å². The van der Waals surface area contributed by atoms with Gasteiger partial charge in [-0.3, -0.25) is 0 Å². The number of nitriles is 1. The van der Waals surface area contributed by atoms with E-state index in [-0.39, 0.29) is 0 Å². The number of aromatic amines is 1. The Morgan fingerprint density at radius 3 is 2.57 bits per heavy atom. The van der Waals surface area contributed by atoms with Crippen LogP contribution in [-0.4, -0.2) is 28.6 Å². The number of rotatable bonds is 4. The molecule has 28 heavy (non-hydrogen) atoms. The maximum atomic E-state index is 12.3. The number of fused-ring (bicyclic) bond motifs is 1. The summed E-state index contributed by atoms with van der Waals surface area (Å²) < 4.78 is 24.6. The Hall–Kier alpha value is -3.02. The minimum atomic E-state index is -3.32. The van der Waals surface area contributed by atoms with Gasteiger partial charge >= 0.3 is 0 Å². The van der Waals surface area contributed by atoms with Crippen molar-refractivity contribution in [2.24, 2.45) is 0 Å². The fourth-order valence-electron chi connectivity index (χ4n) is 2.92. The van der Waals surface area contributed by atoms with Crippen molar-refractivity contribution in [2.45, 2.75) is 24.0 Å². The van der Waals surface area contributed by atoms with E-state index in [1.165, 1.54) is 11.3 Å². The van der Waals surface area contributed by atoms with Crippen molar-refractivity contribution in [3.05, 3.63) is 53.0 Å². The zero-order valence-electron chi connectivity index (χ0n) is 15.2. The number of hydrogen-bond acceptors (Lipinski definition) is 6. The van der Waals surface area contributed by atoms with Gasteiger partial charge in [-0.05, 0) is 26.0 Å². The van der Waals surface area contributed by atoms with E-state index in [1.54, 1.807) is 55.9 Å². The van der Waals surface area contributed by atoms with Crippen LogP contribution in [0.25, 0.3) is 33.5 Å². The number of hydrogen-bond donors (Lipinski definition) is 1. The summed E-state index contributed by atoms with van der Waals surface area (Å²) in [5.74, 6) is 0. The molecule has 1 N–H and O–H groups in total. The van der Waals surface area contributed by atoms with Gasteiger partial charge in [0.25, 0.3) is 0 Å². The molecule has 6 nitrogen and oxygen atoms in total. The lowest BCUT2D eigenvalue weighted by molar-refractivity contribution is 0.587. The molecular weight excluding hydrogens is 392 g/mol. The Morgan fingerprint density at radius 1 is 1.14 bits per heavy atom. The highest BCUT2D eigenvalue weighted by Gasteiger charge is 2.19. The van der Waals surface area contributed by atoms with Crippen molar-refractivity contribution in [3.8, 4) is 28.5 Å². The molecular formula is C20H16N4O2S2. The number of H-pyrrole nitrogens is 1. The molecule has 0 fully saturated rings. The van der Waals surface area contributed by atoms with Crippen LogP contribution in [0.1, 0.15) is 19.4 Å². The molecule has 8 heteroatoms. The lowest BCUT2D eigenvalue weighted by atomic mass is 10.1. The summed E-state index contributed by atoms with van der Waals surface area (Å²) in [6.45, 7) is 3.33. The van der Waals surface area contributed by atoms with Gasteiger partial charge in [-0.1, -0.05) is 12.1 Å². The highest BCUT2D eigenvalue weighted by atomic mass is 32.2. The number of thiophene rings is 1. The monoisotopic (exact) mass is 408 g/mol. The van der Waals surface area contributed by atoms with Crippen molar-refractivity contribution in [1.29, 1.82) is 5.26 Å². The van der Waals surface area contributed by atoms with E-state index in [0.717, 1.165) is 16.7 Å². The minimum absolute atomic E-state index is 0.291. The third kappa shape index (κ3) is 2.99. The fraction of sp³-hybridized carbons (Fsp3) is 0.150. The molecule has 3 heterocycles. The van der Waals surface area contributed by atoms with Gasteiger partial charge in [0.15, 0.2) is 15.5 Å². The van der Waals surface area contributed by atoms with Gasteiger partial charge in [-0.2, -0.15) is 16.6 Å². The zero-order chi connectivity index (χ0) is 19.9. The summed E-state index contributed by atoms with van der Waals surface area (Å²) in [5.41, 5.74) is 4.95. The maximum Gasteiger partial charge on any atom is 0.180 e. The molecule has 0 spiro atoms. The second-order valence-corrected chi connectivity index (χ2v) is 9.83. The van der Waals surface area contributed by atoms with Crippen molar-refractivity contribution in [1.82, 2.24) is 15.0 Å². The minimum Gasteiger partial charge on any atom is -0.344 e. The quantitative estimate of drug-likeness (QED) is 0.539. The Labute approximate surface area is 166 Å². The second-order valence-electron chi connectivity index (χ2n) is 6.58. The maximum absolute atomic E-state index is 12.3. The van der Waals surface area contributed by atoms with Crippen LogP contribution in [0.5, 0.6) is 0 Å². The van der Waals surface area contributed by atoms with Crippen molar-refractivity contribution in [3.63, 3.8) is 0 Å². The van der Waals surface area contributed by atoms with Gasteiger partial charge in [0.2, 0.25) is 0 Å². The fourth-order valence-corrected chi connectivity index (χ4v) is 4.75. The molecule has 0 radical (unpaired) electrons. The van der Waals surface area contributed by atoms with E-state index in [1.807, 2.05) is 5.38 Å². The number of nitrogens with one attached hydrogen (secondary N) is 1. The third-order valence-electron chi connectivity index (χ3n) is 4.55. The van der Waals surface area contributed by atoms with E-state index in [2.05, 4.69) is 16.0 Å². The Morgan fingerprint density at radius 2 is 1.89 bits per heavy atom. The summed E-state index contributed by atoms with van der Waals surface area (Å²) in [4.78, 5) is 12.5. The van der Waals surface area contributed by atoms with Crippen LogP contribution in [0.15, 0.2) is 52.3 Å². The first-order valence-electron chi connectivity index (χ1n) is 8.57. The van der Waals surface area contributed by atoms with Crippen LogP contribution in [0.3, 0.4) is 0 Å². The molecule has 140 valence electrons. The van der Waals surface area contributed by atoms with E-state index in [4.69, 9.17) is 4.98 Å². The number of benzene rings is 1. The number of aromatic nitrogens is 3. The van der Waals surface area contributed by atoms with Crippen molar-refractivity contribution in [2.75, 3.05) is 0 Å². The normalized spacial score (nSPS) is 11.8. The van der Waals surface area contributed by atoms with Crippen LogP contribution in [0.4, 0.5) is 0 Å². The molecule has 0 atom stereocenters. The molecule has 3 aromatic heterocycles. The smallest absolute Gasteiger partial charge is 0.180 e. The molecule has 1 aromatic carbocycles. The number of sulfone groups is 1. The molecule has 0 saturated carbocycles. The van der Waals surface area contributed by atoms with Gasteiger partial charge in [-0.15, -0.1) is 0 Å². The van der Waals surface area contributed by atoms with Gasteiger partial charge in [-0.25, -0.2) is 18.4 Å². The molecule has 0 bridgehead atoms. The largest absolute Gasteiger partial charge is 0.344 e. The molecule has 0 amide bonds. The first-order chi connectivity index (χ1) is 13.4. The zero-order valence-corrected chi connectivity index (χ0v) is 16.8. The second kappa shape index (κ2) is 6.86. The summed E-state index contributed by atoms with van der Waals surface area (Å²) in [6.07, 6.45) is 3.45.